The van der Waals surface area contributed by atoms with E-state index in [4.69, 9.17) is 18.7 Å². The predicted octanol–water partition coefficient (Wildman–Crippen LogP) is 6.00. The highest BCUT2D eigenvalue weighted by atomic mass is 19.1. The zero-order chi connectivity index (χ0) is 35.7. The number of nitriles is 1. The molecule has 12 nitrogen and oxygen atoms in total. The second-order valence-corrected chi connectivity index (χ2v) is 14.2. The number of ether oxygens (including phenoxy) is 3. The standard InChI is InChI=1S/C34H42F3N7O5/c1-19(26-15-21(36)18-43(26)7)46-27-17-28(47-23-11-13-44(22(16-23)10-12-38)32(45)48-33(2,3)4)40-29(39-27)30-41-31(49-42-30)34(5,6)24-14-20(35)8-9-25(24)37/h8-9,14,17,19,21-23,26H,10-11,13,15-16,18H2,1-7H3/t19-,21+,22+,23-,26-/m0/s1. The zero-order valence-electron chi connectivity index (χ0n) is 28.7. The lowest BCUT2D eigenvalue weighted by molar-refractivity contribution is -0.00382. The Hall–Kier alpha value is -4.45. The first-order valence-corrected chi connectivity index (χ1v) is 16.3. The van der Waals surface area contributed by atoms with Crippen molar-refractivity contribution in [2.45, 2.75) is 109 Å². The van der Waals surface area contributed by atoms with Gasteiger partial charge in [-0.2, -0.15) is 20.2 Å². The summed E-state index contributed by atoms with van der Waals surface area (Å²) in [6.45, 7) is 11.0. The van der Waals surface area contributed by atoms with Gasteiger partial charge in [0, 0.05) is 37.5 Å². The number of amides is 1. The van der Waals surface area contributed by atoms with E-state index in [1.165, 1.54) is 6.07 Å². The van der Waals surface area contributed by atoms with Crippen LogP contribution >= 0.6 is 0 Å². The van der Waals surface area contributed by atoms with Crippen molar-refractivity contribution in [2.24, 2.45) is 0 Å². The van der Waals surface area contributed by atoms with E-state index in [2.05, 4.69) is 26.2 Å². The van der Waals surface area contributed by atoms with E-state index in [9.17, 15) is 23.2 Å². The van der Waals surface area contributed by atoms with Crippen molar-refractivity contribution in [2.75, 3.05) is 20.1 Å². The normalized spacial score (nSPS) is 22.4. The molecule has 5 rings (SSSR count). The maximum Gasteiger partial charge on any atom is 0.410 e. The summed E-state index contributed by atoms with van der Waals surface area (Å²) in [4.78, 5) is 29.8. The molecule has 0 unspecified atom stereocenters. The molecule has 1 aromatic carbocycles. The van der Waals surface area contributed by atoms with Crippen molar-refractivity contribution >= 4 is 6.09 Å². The maximum absolute atomic E-state index is 14.7. The quantitative estimate of drug-likeness (QED) is 0.262. The number of carbonyl (C=O) groups excluding carboxylic acids is 1. The van der Waals surface area contributed by atoms with Crippen LogP contribution in [-0.2, 0) is 10.2 Å². The Labute approximate surface area is 283 Å². The van der Waals surface area contributed by atoms with Crippen LogP contribution in [0, 0.1) is 23.0 Å². The number of hydrogen-bond donors (Lipinski definition) is 0. The Balaban J connectivity index is 1.43. The summed E-state index contributed by atoms with van der Waals surface area (Å²) in [5.41, 5.74) is -1.89. The third-order valence-corrected chi connectivity index (χ3v) is 8.75. The number of likely N-dealkylation sites (tertiary alicyclic amines) is 2. The molecule has 15 heteroatoms. The summed E-state index contributed by atoms with van der Waals surface area (Å²) in [6.07, 6.45) is -1.23. The van der Waals surface area contributed by atoms with Gasteiger partial charge in [0.15, 0.2) is 0 Å². The van der Waals surface area contributed by atoms with Gasteiger partial charge in [0.05, 0.1) is 30.0 Å². The van der Waals surface area contributed by atoms with E-state index in [-0.39, 0.29) is 47.3 Å². The molecular weight excluding hydrogens is 643 g/mol. The maximum atomic E-state index is 14.7. The minimum absolute atomic E-state index is 0.00631. The minimum Gasteiger partial charge on any atom is -0.474 e. The number of rotatable bonds is 9. The van der Waals surface area contributed by atoms with Crippen LogP contribution in [0.2, 0.25) is 0 Å². The fourth-order valence-electron chi connectivity index (χ4n) is 6.22. The molecule has 5 atom stereocenters. The van der Waals surface area contributed by atoms with Crippen molar-refractivity contribution < 1.29 is 36.7 Å². The molecule has 49 heavy (non-hydrogen) atoms. The number of nitrogens with zero attached hydrogens (tertiary/aromatic N) is 7. The van der Waals surface area contributed by atoms with Gasteiger partial charge in [-0.25, -0.2) is 18.0 Å². The van der Waals surface area contributed by atoms with E-state index >= 15 is 0 Å². The fraction of sp³-hybridized carbons (Fsp3) is 0.588. The first-order valence-electron chi connectivity index (χ1n) is 16.3. The summed E-state index contributed by atoms with van der Waals surface area (Å²) in [5, 5.41) is 13.5. The molecule has 3 aromatic rings. The predicted molar refractivity (Wildman–Crippen MR) is 170 cm³/mol. The second-order valence-electron chi connectivity index (χ2n) is 14.2. The van der Waals surface area contributed by atoms with Crippen LogP contribution in [0.5, 0.6) is 11.8 Å². The van der Waals surface area contributed by atoms with Crippen LogP contribution in [0.4, 0.5) is 18.0 Å². The van der Waals surface area contributed by atoms with E-state index in [0.717, 1.165) is 18.2 Å². The summed E-state index contributed by atoms with van der Waals surface area (Å²) >= 11 is 0. The van der Waals surface area contributed by atoms with Crippen LogP contribution in [0.3, 0.4) is 0 Å². The highest BCUT2D eigenvalue weighted by Crippen LogP contribution is 2.35. The average Bonchev–Trinajstić information content (AvgIpc) is 3.64. The van der Waals surface area contributed by atoms with Crippen LogP contribution in [0.15, 0.2) is 28.8 Å². The Kier molecular flexibility index (Phi) is 10.4. The molecule has 0 N–H and O–H groups in total. The molecule has 0 spiro atoms. The smallest absolute Gasteiger partial charge is 0.410 e. The van der Waals surface area contributed by atoms with Crippen LogP contribution in [0.1, 0.15) is 78.7 Å². The average molecular weight is 686 g/mol. The number of alkyl halides is 1. The summed E-state index contributed by atoms with van der Waals surface area (Å²) in [6, 6.07) is 6.13. The summed E-state index contributed by atoms with van der Waals surface area (Å²) in [7, 11) is 1.83. The number of piperidine rings is 1. The molecule has 1 amide bonds. The van der Waals surface area contributed by atoms with Gasteiger partial charge in [-0.3, -0.25) is 4.90 Å². The van der Waals surface area contributed by atoms with Gasteiger partial charge in [-0.05, 0) is 73.2 Å². The molecule has 2 aliphatic rings. The lowest BCUT2D eigenvalue weighted by Crippen LogP contribution is -2.50. The van der Waals surface area contributed by atoms with Crippen LogP contribution in [-0.4, -0.2) is 92.2 Å². The first-order chi connectivity index (χ1) is 23.0. The van der Waals surface area contributed by atoms with Crippen LogP contribution in [0.25, 0.3) is 11.6 Å². The third kappa shape index (κ3) is 8.41. The van der Waals surface area contributed by atoms with E-state index < -0.39 is 53.2 Å². The van der Waals surface area contributed by atoms with Gasteiger partial charge in [0.1, 0.15) is 35.6 Å². The molecule has 0 saturated carbocycles. The highest BCUT2D eigenvalue weighted by Gasteiger charge is 2.38. The van der Waals surface area contributed by atoms with Crippen molar-refractivity contribution in [1.82, 2.24) is 29.9 Å². The topological polar surface area (TPSA) is 140 Å². The molecular formula is C34H42F3N7O5. The van der Waals surface area contributed by atoms with Crippen molar-refractivity contribution in [3.05, 3.63) is 47.4 Å². The number of carbonyl (C=O) groups is 1. The Morgan fingerprint density at radius 1 is 1.10 bits per heavy atom. The Bertz CT molecular complexity index is 1690. The number of aromatic nitrogens is 4. The molecule has 2 fully saturated rings. The third-order valence-electron chi connectivity index (χ3n) is 8.75. The number of benzene rings is 1. The molecule has 264 valence electrons. The molecule has 0 bridgehead atoms. The van der Waals surface area contributed by atoms with Crippen molar-refractivity contribution in [3.63, 3.8) is 0 Å². The van der Waals surface area contributed by atoms with Gasteiger partial charge in [-0.1, -0.05) is 5.16 Å². The molecule has 2 saturated heterocycles. The lowest BCUT2D eigenvalue weighted by Gasteiger charge is -2.38. The van der Waals surface area contributed by atoms with Crippen molar-refractivity contribution in [3.8, 4) is 29.5 Å². The largest absolute Gasteiger partial charge is 0.474 e. The monoisotopic (exact) mass is 685 g/mol. The van der Waals surface area contributed by atoms with Gasteiger partial charge < -0.3 is 23.6 Å². The van der Waals surface area contributed by atoms with E-state index in [0.29, 0.717) is 32.4 Å². The SMILES string of the molecule is C[C@H](Oc1cc(O[C@H]2CCN(C(=O)OC(C)(C)C)[C@H](CC#N)C2)nc(-c2noc(C(C)(C)c3cc(F)ccc3F)n2)n1)[C@@H]1C[C@@H](F)CN1C. The molecule has 2 aliphatic heterocycles. The fourth-order valence-corrected chi connectivity index (χ4v) is 6.22. The second kappa shape index (κ2) is 14.2. The van der Waals surface area contributed by atoms with Gasteiger partial charge in [0.25, 0.3) is 0 Å². The molecule has 4 heterocycles. The number of halogens is 3. The molecule has 2 aromatic heterocycles. The van der Waals surface area contributed by atoms with Crippen molar-refractivity contribution in [1.29, 1.82) is 5.26 Å². The molecule has 0 aliphatic carbocycles. The summed E-state index contributed by atoms with van der Waals surface area (Å²) in [5.74, 6) is -1.10. The van der Waals surface area contributed by atoms with E-state index in [1.54, 1.807) is 39.5 Å². The highest BCUT2D eigenvalue weighted by molar-refractivity contribution is 5.68. The summed E-state index contributed by atoms with van der Waals surface area (Å²) < 4.78 is 66.6. The number of hydrogen-bond acceptors (Lipinski definition) is 11. The van der Waals surface area contributed by atoms with Gasteiger partial charge in [0.2, 0.25) is 29.3 Å². The minimum atomic E-state index is -1.22. The first kappa shape index (κ1) is 35.8. The zero-order valence-corrected chi connectivity index (χ0v) is 28.7. The Morgan fingerprint density at radius 2 is 1.84 bits per heavy atom. The Morgan fingerprint density at radius 3 is 2.51 bits per heavy atom. The lowest BCUT2D eigenvalue weighted by atomic mass is 9.84. The number of likely N-dealkylation sites (N-methyl/N-ethyl adjacent to an activating group) is 1. The van der Waals surface area contributed by atoms with E-state index in [1.807, 2.05) is 18.9 Å². The van der Waals surface area contributed by atoms with Gasteiger partial charge >= 0.3 is 6.09 Å². The van der Waals surface area contributed by atoms with Crippen LogP contribution < -0.4 is 9.47 Å². The van der Waals surface area contributed by atoms with Gasteiger partial charge in [-0.15, -0.1) is 0 Å². The molecule has 0 radical (unpaired) electrons.